The molecule has 2 nitrogen and oxygen atoms in total. The minimum absolute atomic E-state index is 0.0000386. The van der Waals surface area contributed by atoms with Gasteiger partial charge in [-0.25, -0.2) is 0 Å². The van der Waals surface area contributed by atoms with Gasteiger partial charge >= 0.3 is 0 Å². The Bertz CT molecular complexity index is 771. The molecule has 0 aliphatic carbocycles. The van der Waals surface area contributed by atoms with Gasteiger partial charge in [0.15, 0.2) is 11.6 Å². The highest BCUT2D eigenvalue weighted by Crippen LogP contribution is 2.16. The molecule has 0 radical (unpaired) electrons. The van der Waals surface area contributed by atoms with Gasteiger partial charge in [-0.15, -0.1) is 0 Å². The first-order valence-electron chi connectivity index (χ1n) is 12.4. The van der Waals surface area contributed by atoms with E-state index in [1.54, 1.807) is 24.3 Å². The second-order valence-corrected chi connectivity index (χ2v) is 8.83. The maximum Gasteiger partial charge on any atom is 0.193 e. The Morgan fingerprint density at radius 3 is 1.42 bits per heavy atom. The highest BCUT2D eigenvalue weighted by molar-refractivity contribution is 6.09. The van der Waals surface area contributed by atoms with Gasteiger partial charge in [0.05, 0.1) is 0 Å². The van der Waals surface area contributed by atoms with Gasteiger partial charge < -0.3 is 0 Å². The third-order valence-electron chi connectivity index (χ3n) is 6.04. The van der Waals surface area contributed by atoms with E-state index in [0.29, 0.717) is 23.1 Å². The summed E-state index contributed by atoms with van der Waals surface area (Å²) in [5.74, 6) is 0.182. The van der Waals surface area contributed by atoms with E-state index < -0.39 is 0 Å². The quantitative estimate of drug-likeness (QED) is 0.201. The van der Waals surface area contributed by atoms with Crippen molar-refractivity contribution < 1.29 is 9.59 Å². The standard InChI is InChI=1S/C29H40O2/c1-3-4-5-6-7-8-9-10-11-12-13-14-15-28(30)25-20-22-27(23-21-25)29(31)26-18-16-24(2)17-19-26/h16-23H,3-15H2,1-2H3. The second kappa shape index (κ2) is 14.7. The van der Waals surface area contributed by atoms with Crippen LogP contribution in [0.4, 0.5) is 0 Å². The molecular weight excluding hydrogens is 380 g/mol. The molecule has 0 bridgehead atoms. The van der Waals surface area contributed by atoms with Gasteiger partial charge in [-0.3, -0.25) is 9.59 Å². The molecule has 2 rings (SSSR count). The first kappa shape index (κ1) is 25.0. The predicted molar refractivity (Wildman–Crippen MR) is 131 cm³/mol. The zero-order chi connectivity index (χ0) is 22.3. The normalized spacial score (nSPS) is 10.9. The van der Waals surface area contributed by atoms with Crippen LogP contribution in [0.25, 0.3) is 0 Å². The monoisotopic (exact) mass is 420 g/mol. The fourth-order valence-corrected chi connectivity index (χ4v) is 3.95. The molecule has 0 saturated carbocycles. The molecule has 0 fully saturated rings. The predicted octanol–water partition coefficient (Wildman–Crippen LogP) is 8.50. The minimum Gasteiger partial charge on any atom is -0.294 e. The van der Waals surface area contributed by atoms with Crippen LogP contribution in [-0.2, 0) is 0 Å². The highest BCUT2D eigenvalue weighted by Gasteiger charge is 2.11. The number of carbonyl (C=O) groups is 2. The van der Waals surface area contributed by atoms with Crippen LogP contribution in [0.1, 0.15) is 122 Å². The number of carbonyl (C=O) groups excluding carboxylic acids is 2. The van der Waals surface area contributed by atoms with Crippen molar-refractivity contribution in [2.45, 2.75) is 97.3 Å². The van der Waals surface area contributed by atoms with Crippen LogP contribution in [0, 0.1) is 6.92 Å². The Labute approximate surface area is 189 Å². The zero-order valence-corrected chi connectivity index (χ0v) is 19.6. The summed E-state index contributed by atoms with van der Waals surface area (Å²) < 4.78 is 0. The average Bonchev–Trinajstić information content (AvgIpc) is 2.80. The van der Waals surface area contributed by atoms with Crippen LogP contribution in [0.2, 0.25) is 0 Å². The lowest BCUT2D eigenvalue weighted by Gasteiger charge is -2.05. The molecule has 2 heteroatoms. The van der Waals surface area contributed by atoms with E-state index in [-0.39, 0.29) is 11.6 Å². The lowest BCUT2D eigenvalue weighted by Crippen LogP contribution is -2.03. The first-order valence-corrected chi connectivity index (χ1v) is 12.4. The van der Waals surface area contributed by atoms with Crippen molar-refractivity contribution in [2.75, 3.05) is 0 Å². The maximum atomic E-state index is 12.6. The molecule has 0 amide bonds. The number of rotatable bonds is 16. The van der Waals surface area contributed by atoms with E-state index in [9.17, 15) is 9.59 Å². The molecule has 2 aromatic carbocycles. The van der Waals surface area contributed by atoms with Crippen LogP contribution in [0.5, 0.6) is 0 Å². The highest BCUT2D eigenvalue weighted by atomic mass is 16.1. The summed E-state index contributed by atoms with van der Waals surface area (Å²) in [4.78, 5) is 25.0. The zero-order valence-electron chi connectivity index (χ0n) is 19.6. The number of Topliss-reactive ketones (excluding diaryl/α,β-unsaturated/α-hetero) is 1. The van der Waals surface area contributed by atoms with E-state index in [1.807, 2.05) is 31.2 Å². The van der Waals surface area contributed by atoms with Crippen LogP contribution in [-0.4, -0.2) is 11.6 Å². The topological polar surface area (TPSA) is 34.1 Å². The van der Waals surface area contributed by atoms with Crippen LogP contribution >= 0.6 is 0 Å². The summed E-state index contributed by atoms with van der Waals surface area (Å²) in [6.45, 7) is 4.27. The molecule has 2 aromatic rings. The van der Waals surface area contributed by atoms with E-state index in [2.05, 4.69) is 6.92 Å². The van der Waals surface area contributed by atoms with Crippen molar-refractivity contribution in [3.05, 3.63) is 70.8 Å². The van der Waals surface area contributed by atoms with Gasteiger partial charge in [-0.05, 0) is 13.3 Å². The summed E-state index contributed by atoms with van der Waals surface area (Å²) in [6.07, 6.45) is 16.2. The van der Waals surface area contributed by atoms with Gasteiger partial charge in [0.2, 0.25) is 0 Å². The van der Waals surface area contributed by atoms with Gasteiger partial charge in [0, 0.05) is 23.1 Å². The average molecular weight is 421 g/mol. The van der Waals surface area contributed by atoms with E-state index in [1.165, 1.54) is 64.2 Å². The summed E-state index contributed by atoms with van der Waals surface area (Å²) in [5.41, 5.74) is 3.16. The lowest BCUT2D eigenvalue weighted by molar-refractivity contribution is 0.0977. The van der Waals surface area contributed by atoms with Gasteiger partial charge in [0.1, 0.15) is 0 Å². The minimum atomic E-state index is -0.0000386. The third kappa shape index (κ3) is 9.63. The third-order valence-corrected chi connectivity index (χ3v) is 6.04. The van der Waals surface area contributed by atoms with E-state index in [4.69, 9.17) is 0 Å². The molecule has 0 spiro atoms. The molecule has 0 saturated heterocycles. The fraction of sp³-hybridized carbons (Fsp3) is 0.517. The number of hydrogen-bond acceptors (Lipinski definition) is 2. The van der Waals surface area contributed by atoms with Crippen LogP contribution in [0.15, 0.2) is 48.5 Å². The van der Waals surface area contributed by atoms with E-state index >= 15 is 0 Å². The fourth-order valence-electron chi connectivity index (χ4n) is 3.95. The Kier molecular flexibility index (Phi) is 11.9. The summed E-state index contributed by atoms with van der Waals surface area (Å²) in [7, 11) is 0. The molecule has 0 aliphatic heterocycles. The molecule has 0 atom stereocenters. The maximum absolute atomic E-state index is 12.6. The van der Waals surface area contributed by atoms with Gasteiger partial charge in [0.25, 0.3) is 0 Å². The van der Waals surface area contributed by atoms with Crippen LogP contribution in [0.3, 0.4) is 0 Å². The second-order valence-electron chi connectivity index (χ2n) is 8.83. The number of unbranched alkanes of at least 4 members (excludes halogenated alkanes) is 11. The Morgan fingerprint density at radius 2 is 0.935 bits per heavy atom. The van der Waals surface area contributed by atoms with Crippen molar-refractivity contribution in [1.82, 2.24) is 0 Å². The number of benzene rings is 2. The van der Waals surface area contributed by atoms with Gasteiger partial charge in [-0.1, -0.05) is 132 Å². The number of aryl methyl sites for hydroxylation is 1. The Hall–Kier alpha value is -2.22. The molecular formula is C29H40O2. The summed E-state index contributed by atoms with van der Waals surface area (Å²) in [5, 5.41) is 0. The molecule has 31 heavy (non-hydrogen) atoms. The first-order chi connectivity index (χ1) is 15.1. The van der Waals surface area contributed by atoms with Crippen molar-refractivity contribution >= 4 is 11.6 Å². The smallest absolute Gasteiger partial charge is 0.193 e. The van der Waals surface area contributed by atoms with Gasteiger partial charge in [-0.2, -0.15) is 0 Å². The molecule has 0 aromatic heterocycles. The molecule has 0 N–H and O–H groups in total. The van der Waals surface area contributed by atoms with E-state index in [0.717, 1.165) is 18.4 Å². The Morgan fingerprint density at radius 1 is 0.548 bits per heavy atom. The molecule has 0 unspecified atom stereocenters. The molecule has 168 valence electrons. The van der Waals surface area contributed by atoms with Crippen molar-refractivity contribution in [3.8, 4) is 0 Å². The van der Waals surface area contributed by atoms with Crippen LogP contribution < -0.4 is 0 Å². The molecule has 0 heterocycles. The number of hydrogen-bond donors (Lipinski definition) is 0. The Balaban J connectivity index is 1.59. The molecule has 0 aliphatic rings. The van der Waals surface area contributed by atoms with Crippen molar-refractivity contribution in [3.63, 3.8) is 0 Å². The lowest BCUT2D eigenvalue weighted by atomic mass is 9.98. The summed E-state index contributed by atoms with van der Waals surface area (Å²) >= 11 is 0. The van der Waals surface area contributed by atoms with Crippen molar-refractivity contribution in [1.29, 1.82) is 0 Å². The summed E-state index contributed by atoms with van der Waals surface area (Å²) in [6, 6.07) is 14.7. The van der Waals surface area contributed by atoms with Crippen molar-refractivity contribution in [2.24, 2.45) is 0 Å². The number of ketones is 2. The largest absolute Gasteiger partial charge is 0.294 e. The SMILES string of the molecule is CCCCCCCCCCCCCCC(=O)c1ccc(C(=O)c2ccc(C)cc2)cc1.